The molecule has 2 aromatic carbocycles. The van der Waals surface area contributed by atoms with Crippen molar-refractivity contribution in [2.75, 3.05) is 7.11 Å². The lowest BCUT2D eigenvalue weighted by Crippen LogP contribution is -2.47. The van der Waals surface area contributed by atoms with Gasteiger partial charge in [-0.1, -0.05) is 36.4 Å². The number of ether oxygens (including phenoxy) is 1. The maximum absolute atomic E-state index is 13.0. The molecule has 3 rings (SSSR count). The van der Waals surface area contributed by atoms with Gasteiger partial charge < -0.3 is 10.5 Å². The van der Waals surface area contributed by atoms with Gasteiger partial charge in [0.05, 0.1) is 13.2 Å². The standard InChI is InChI=1S/C19H21N3O3/c1-25-14-9-6-13(7-10-14)17(21-22-19(20)24)16-11-8-12-4-2-3-5-15(12)18(16)23/h2-7,9-10,16-17,21H,8,11H2,1H3,(H3,20,22,24). The summed E-state index contributed by atoms with van der Waals surface area (Å²) in [6.45, 7) is 0. The van der Waals surface area contributed by atoms with Crippen LogP contribution in [0.2, 0.25) is 0 Å². The topological polar surface area (TPSA) is 93.4 Å². The lowest BCUT2D eigenvalue weighted by Gasteiger charge is -2.31. The number of ketones is 1. The molecule has 0 saturated carbocycles. The summed E-state index contributed by atoms with van der Waals surface area (Å²) in [7, 11) is 1.60. The Morgan fingerprint density at radius 1 is 1.20 bits per heavy atom. The maximum atomic E-state index is 13.0. The van der Waals surface area contributed by atoms with Crippen molar-refractivity contribution in [1.82, 2.24) is 10.9 Å². The summed E-state index contributed by atoms with van der Waals surface area (Å²) in [6.07, 6.45) is 1.51. The molecular formula is C19H21N3O3. The highest BCUT2D eigenvalue weighted by atomic mass is 16.5. The third kappa shape index (κ3) is 3.64. The van der Waals surface area contributed by atoms with Crippen molar-refractivity contribution in [1.29, 1.82) is 0 Å². The molecule has 0 aromatic heterocycles. The molecule has 0 saturated heterocycles. The molecule has 4 N–H and O–H groups in total. The van der Waals surface area contributed by atoms with Crippen LogP contribution in [0.4, 0.5) is 4.79 Å². The smallest absolute Gasteiger partial charge is 0.326 e. The number of primary amides is 1. The molecule has 2 atom stereocenters. The van der Waals surface area contributed by atoms with E-state index in [-0.39, 0.29) is 17.7 Å². The van der Waals surface area contributed by atoms with E-state index in [2.05, 4.69) is 10.9 Å². The Kier molecular flexibility index (Phi) is 5.00. The van der Waals surface area contributed by atoms with Crippen LogP contribution in [0.1, 0.15) is 33.9 Å². The number of nitrogens with two attached hydrogens (primary N) is 1. The van der Waals surface area contributed by atoms with Crippen molar-refractivity contribution in [2.24, 2.45) is 11.7 Å². The zero-order valence-electron chi connectivity index (χ0n) is 14.0. The number of urea groups is 1. The minimum Gasteiger partial charge on any atom is -0.497 e. The summed E-state index contributed by atoms with van der Waals surface area (Å²) in [6, 6.07) is 14.0. The average Bonchev–Trinajstić information content (AvgIpc) is 2.64. The van der Waals surface area contributed by atoms with E-state index < -0.39 is 6.03 Å². The Balaban J connectivity index is 1.91. The van der Waals surface area contributed by atoms with Crippen molar-refractivity contribution in [3.8, 4) is 5.75 Å². The van der Waals surface area contributed by atoms with Gasteiger partial charge in [-0.15, -0.1) is 0 Å². The molecule has 2 amide bonds. The molecule has 2 aromatic rings. The Bertz CT molecular complexity index is 774. The molecule has 0 bridgehead atoms. The molecule has 130 valence electrons. The summed E-state index contributed by atoms with van der Waals surface area (Å²) >= 11 is 0. The van der Waals surface area contributed by atoms with Crippen LogP contribution in [0.3, 0.4) is 0 Å². The predicted molar refractivity (Wildman–Crippen MR) is 94.2 cm³/mol. The first-order valence-electron chi connectivity index (χ1n) is 8.17. The number of Topliss-reactive ketones (excluding diaryl/α,β-unsaturated/α-hetero) is 1. The van der Waals surface area contributed by atoms with Gasteiger partial charge in [-0.2, -0.15) is 0 Å². The number of carbonyl (C=O) groups excluding carboxylic acids is 2. The second kappa shape index (κ2) is 7.36. The Morgan fingerprint density at radius 3 is 2.60 bits per heavy atom. The van der Waals surface area contributed by atoms with E-state index in [9.17, 15) is 9.59 Å². The van der Waals surface area contributed by atoms with Crippen molar-refractivity contribution in [2.45, 2.75) is 18.9 Å². The van der Waals surface area contributed by atoms with Gasteiger partial charge in [0.1, 0.15) is 5.75 Å². The second-order valence-corrected chi connectivity index (χ2v) is 6.05. The molecule has 0 radical (unpaired) electrons. The lowest BCUT2D eigenvalue weighted by atomic mass is 9.77. The number of hydrogen-bond acceptors (Lipinski definition) is 4. The van der Waals surface area contributed by atoms with Crippen molar-refractivity contribution in [3.05, 3.63) is 65.2 Å². The number of carbonyl (C=O) groups is 2. The van der Waals surface area contributed by atoms with E-state index in [1.54, 1.807) is 7.11 Å². The molecule has 6 nitrogen and oxygen atoms in total. The number of methoxy groups -OCH3 is 1. The third-order valence-electron chi connectivity index (χ3n) is 4.57. The molecule has 1 aliphatic carbocycles. The number of amides is 2. The van der Waals surface area contributed by atoms with E-state index in [0.717, 1.165) is 28.9 Å². The molecule has 2 unspecified atom stereocenters. The van der Waals surface area contributed by atoms with E-state index in [1.165, 1.54) is 0 Å². The molecule has 25 heavy (non-hydrogen) atoms. The van der Waals surface area contributed by atoms with Gasteiger partial charge in [-0.3, -0.25) is 10.2 Å². The number of hydrazine groups is 1. The van der Waals surface area contributed by atoms with E-state index in [1.807, 2.05) is 48.5 Å². The highest BCUT2D eigenvalue weighted by Gasteiger charge is 2.34. The highest BCUT2D eigenvalue weighted by Crippen LogP contribution is 2.34. The van der Waals surface area contributed by atoms with E-state index in [0.29, 0.717) is 6.42 Å². The number of rotatable bonds is 5. The first-order valence-corrected chi connectivity index (χ1v) is 8.17. The minimum absolute atomic E-state index is 0.0708. The zero-order valence-corrected chi connectivity index (χ0v) is 14.0. The van der Waals surface area contributed by atoms with Crippen LogP contribution in [0.5, 0.6) is 5.75 Å². The highest BCUT2D eigenvalue weighted by molar-refractivity contribution is 6.00. The van der Waals surface area contributed by atoms with Gasteiger partial charge >= 0.3 is 6.03 Å². The lowest BCUT2D eigenvalue weighted by molar-refractivity contribution is 0.0861. The molecular weight excluding hydrogens is 318 g/mol. The quantitative estimate of drug-likeness (QED) is 0.729. The van der Waals surface area contributed by atoms with Gasteiger partial charge in [0, 0.05) is 11.5 Å². The zero-order chi connectivity index (χ0) is 17.8. The summed E-state index contributed by atoms with van der Waals surface area (Å²) in [4.78, 5) is 24.1. The monoisotopic (exact) mass is 339 g/mol. The van der Waals surface area contributed by atoms with Crippen LogP contribution in [-0.2, 0) is 6.42 Å². The average molecular weight is 339 g/mol. The van der Waals surface area contributed by atoms with E-state index in [4.69, 9.17) is 10.5 Å². The molecule has 0 heterocycles. The summed E-state index contributed by atoms with van der Waals surface area (Å²) in [5.41, 5.74) is 13.2. The third-order valence-corrected chi connectivity index (χ3v) is 4.57. The summed E-state index contributed by atoms with van der Waals surface area (Å²) < 4.78 is 5.18. The fourth-order valence-corrected chi connectivity index (χ4v) is 3.31. The predicted octanol–water partition coefficient (Wildman–Crippen LogP) is 2.35. The minimum atomic E-state index is -0.692. The number of aryl methyl sites for hydroxylation is 1. The van der Waals surface area contributed by atoms with Crippen molar-refractivity contribution < 1.29 is 14.3 Å². The largest absolute Gasteiger partial charge is 0.497 e. The molecule has 6 heteroatoms. The van der Waals surface area contributed by atoms with Crippen LogP contribution in [0.25, 0.3) is 0 Å². The van der Waals surface area contributed by atoms with Crippen LogP contribution in [-0.4, -0.2) is 18.9 Å². The van der Waals surface area contributed by atoms with Gasteiger partial charge in [0.2, 0.25) is 0 Å². The molecule has 0 spiro atoms. The Hall–Kier alpha value is -2.86. The van der Waals surface area contributed by atoms with E-state index >= 15 is 0 Å². The Morgan fingerprint density at radius 2 is 1.92 bits per heavy atom. The first-order chi connectivity index (χ1) is 12.1. The number of hydrogen-bond donors (Lipinski definition) is 3. The summed E-state index contributed by atoms with van der Waals surface area (Å²) in [5, 5.41) is 0. The molecule has 1 aliphatic rings. The van der Waals surface area contributed by atoms with Crippen molar-refractivity contribution >= 4 is 11.8 Å². The molecule has 0 fully saturated rings. The fourth-order valence-electron chi connectivity index (χ4n) is 3.31. The van der Waals surface area contributed by atoms with Gasteiger partial charge in [0.25, 0.3) is 0 Å². The van der Waals surface area contributed by atoms with Gasteiger partial charge in [0.15, 0.2) is 5.78 Å². The fraction of sp³-hybridized carbons (Fsp3) is 0.263. The number of fused-ring (bicyclic) bond motifs is 1. The maximum Gasteiger partial charge on any atom is 0.326 e. The number of nitrogens with one attached hydrogen (secondary N) is 2. The van der Waals surface area contributed by atoms with Crippen LogP contribution in [0, 0.1) is 5.92 Å². The first kappa shape index (κ1) is 17.0. The Labute approximate surface area is 146 Å². The summed E-state index contributed by atoms with van der Waals surface area (Å²) in [5.74, 6) is 0.502. The SMILES string of the molecule is COc1ccc(C(NNC(N)=O)C2CCc3ccccc3C2=O)cc1. The van der Waals surface area contributed by atoms with Crippen LogP contribution < -0.4 is 21.3 Å². The van der Waals surface area contributed by atoms with Crippen LogP contribution in [0.15, 0.2) is 48.5 Å². The molecule has 0 aliphatic heterocycles. The van der Waals surface area contributed by atoms with Crippen LogP contribution >= 0.6 is 0 Å². The van der Waals surface area contributed by atoms with Gasteiger partial charge in [-0.05, 0) is 36.1 Å². The second-order valence-electron chi connectivity index (χ2n) is 6.05. The van der Waals surface area contributed by atoms with Gasteiger partial charge in [-0.25, -0.2) is 10.2 Å². The van der Waals surface area contributed by atoms with Crippen molar-refractivity contribution in [3.63, 3.8) is 0 Å². The number of benzene rings is 2. The normalized spacial score (nSPS) is 17.5.